The topological polar surface area (TPSA) is 152 Å². The number of aromatic carboxylic acids is 1. The highest BCUT2D eigenvalue weighted by Crippen LogP contribution is 2.69. The Balaban J connectivity index is 3.53. The Hall–Kier alpha value is -1.01. The van der Waals surface area contributed by atoms with Gasteiger partial charge >= 0.3 is 21.2 Å². The average molecular weight is 310 g/mol. The van der Waals surface area contributed by atoms with E-state index >= 15 is 0 Å². The maximum Gasteiger partial charge on any atom is 0.345 e. The van der Waals surface area contributed by atoms with Gasteiger partial charge in [0, 0.05) is 0 Å². The van der Waals surface area contributed by atoms with Crippen molar-refractivity contribution in [3.63, 3.8) is 0 Å². The van der Waals surface area contributed by atoms with Crippen LogP contribution in [0.3, 0.4) is 0 Å². The lowest BCUT2D eigenvalue weighted by molar-refractivity contribution is 0.0696. The Labute approximate surface area is 108 Å². The second kappa shape index (κ2) is 5.17. The van der Waals surface area contributed by atoms with Crippen molar-refractivity contribution in [1.29, 1.82) is 0 Å². The SMILES string of the molecule is Cc1cc(C(=O)O)cc(C(P(=O)(O)O)P(=O)(O)O)c1. The molecule has 5 N–H and O–H groups in total. The zero-order valence-corrected chi connectivity index (χ0v) is 11.5. The molecule has 0 aliphatic rings. The Morgan fingerprint density at radius 3 is 1.89 bits per heavy atom. The summed E-state index contributed by atoms with van der Waals surface area (Å²) in [6, 6.07) is 3.20. The van der Waals surface area contributed by atoms with Crippen LogP contribution in [-0.2, 0) is 9.13 Å². The van der Waals surface area contributed by atoms with Crippen LogP contribution in [0.15, 0.2) is 18.2 Å². The third-order valence-corrected chi connectivity index (χ3v) is 5.96. The monoisotopic (exact) mass is 310 g/mol. The normalized spacial score (nSPS) is 12.7. The van der Waals surface area contributed by atoms with Crippen molar-refractivity contribution in [2.75, 3.05) is 0 Å². The summed E-state index contributed by atoms with van der Waals surface area (Å²) in [6.07, 6.45) is 0. The molecule has 0 radical (unpaired) electrons. The molecule has 0 fully saturated rings. The van der Waals surface area contributed by atoms with Gasteiger partial charge in [-0.05, 0) is 30.2 Å². The summed E-state index contributed by atoms with van der Waals surface area (Å²) in [4.78, 5) is 47.1. The number of carboxylic acids is 1. The molecule has 8 nitrogen and oxygen atoms in total. The van der Waals surface area contributed by atoms with Gasteiger partial charge in [0.05, 0.1) is 5.56 Å². The van der Waals surface area contributed by atoms with Crippen LogP contribution in [0.2, 0.25) is 0 Å². The van der Waals surface area contributed by atoms with Crippen LogP contribution in [0.25, 0.3) is 0 Å². The average Bonchev–Trinajstić information content (AvgIpc) is 2.11. The number of aryl methyl sites for hydroxylation is 1. The molecule has 1 aromatic rings. The number of hydrogen-bond donors (Lipinski definition) is 5. The number of hydrogen-bond acceptors (Lipinski definition) is 3. The first-order valence-electron chi connectivity index (χ1n) is 4.88. The Morgan fingerprint density at radius 1 is 1.05 bits per heavy atom. The maximum atomic E-state index is 11.2. The minimum absolute atomic E-state index is 0.304. The van der Waals surface area contributed by atoms with E-state index in [0.717, 1.165) is 12.1 Å². The Bertz CT molecular complexity index is 576. The molecule has 19 heavy (non-hydrogen) atoms. The van der Waals surface area contributed by atoms with E-state index in [1.807, 2.05) is 0 Å². The molecule has 0 atom stereocenters. The highest BCUT2D eigenvalue weighted by atomic mass is 31.2. The number of carboxylic acid groups (broad SMARTS) is 1. The molecule has 0 aromatic heterocycles. The summed E-state index contributed by atoms with van der Waals surface area (Å²) in [5, 5.41) is 6.47. The molecular weight excluding hydrogens is 298 g/mol. The van der Waals surface area contributed by atoms with Gasteiger partial charge in [-0.1, -0.05) is 6.07 Å². The standard InChI is InChI=1S/C9H12O8P2/c1-5-2-6(8(10)11)4-7(3-5)9(18(12,13)14)19(15,16)17/h2-4,9H,1H3,(H,10,11)(H2,12,13,14)(H2,15,16,17). The lowest BCUT2D eigenvalue weighted by Crippen LogP contribution is -2.05. The molecule has 1 rings (SSSR count). The summed E-state index contributed by atoms with van der Waals surface area (Å²) in [6.45, 7) is 1.45. The van der Waals surface area contributed by atoms with E-state index < -0.39 is 32.1 Å². The van der Waals surface area contributed by atoms with Crippen LogP contribution >= 0.6 is 15.2 Å². The molecule has 10 heteroatoms. The van der Waals surface area contributed by atoms with Gasteiger partial charge < -0.3 is 24.7 Å². The molecule has 106 valence electrons. The van der Waals surface area contributed by atoms with Crippen molar-refractivity contribution >= 4 is 21.2 Å². The van der Waals surface area contributed by atoms with Gasteiger partial charge in [0.1, 0.15) is 0 Å². The summed E-state index contributed by atoms with van der Waals surface area (Å²) >= 11 is 0. The van der Waals surface area contributed by atoms with E-state index in [1.54, 1.807) is 0 Å². The number of rotatable bonds is 4. The van der Waals surface area contributed by atoms with E-state index in [1.165, 1.54) is 13.0 Å². The largest absolute Gasteiger partial charge is 0.478 e. The lowest BCUT2D eigenvalue weighted by atomic mass is 10.1. The molecule has 0 bridgehead atoms. The highest BCUT2D eigenvalue weighted by Gasteiger charge is 2.44. The second-order valence-electron chi connectivity index (χ2n) is 3.99. The molecule has 0 aliphatic heterocycles. The molecule has 0 saturated heterocycles. The van der Waals surface area contributed by atoms with Gasteiger partial charge in [-0.3, -0.25) is 9.13 Å². The van der Waals surface area contributed by atoms with Gasteiger partial charge in [0.15, 0.2) is 5.40 Å². The fourth-order valence-corrected chi connectivity index (χ4v) is 4.31. The zero-order valence-electron chi connectivity index (χ0n) is 9.66. The van der Waals surface area contributed by atoms with Crippen molar-refractivity contribution in [2.24, 2.45) is 0 Å². The van der Waals surface area contributed by atoms with Crippen molar-refractivity contribution in [3.8, 4) is 0 Å². The van der Waals surface area contributed by atoms with Gasteiger partial charge in [0.2, 0.25) is 0 Å². The molecule has 0 spiro atoms. The highest BCUT2D eigenvalue weighted by molar-refractivity contribution is 7.70. The fraction of sp³-hybridized carbons (Fsp3) is 0.222. The summed E-state index contributed by atoms with van der Waals surface area (Å²) in [7, 11) is -10.3. The molecule has 0 amide bonds. The van der Waals surface area contributed by atoms with E-state index in [0.29, 0.717) is 5.56 Å². The first kappa shape index (κ1) is 16.0. The second-order valence-corrected chi connectivity index (χ2v) is 7.79. The third-order valence-electron chi connectivity index (χ3n) is 2.28. The summed E-state index contributed by atoms with van der Waals surface area (Å²) < 4.78 is 22.5. The minimum Gasteiger partial charge on any atom is -0.478 e. The molecular formula is C9H12O8P2. The van der Waals surface area contributed by atoms with Crippen molar-refractivity contribution in [2.45, 2.75) is 12.3 Å². The van der Waals surface area contributed by atoms with E-state index in [9.17, 15) is 13.9 Å². The fourth-order valence-electron chi connectivity index (χ4n) is 1.67. The van der Waals surface area contributed by atoms with E-state index in [4.69, 9.17) is 24.7 Å². The first-order valence-corrected chi connectivity index (χ1v) is 8.24. The number of benzene rings is 1. The lowest BCUT2D eigenvalue weighted by Gasteiger charge is -2.20. The van der Waals surface area contributed by atoms with Crippen molar-refractivity contribution in [1.82, 2.24) is 0 Å². The van der Waals surface area contributed by atoms with Crippen molar-refractivity contribution in [3.05, 3.63) is 34.9 Å². The van der Waals surface area contributed by atoms with Crippen LogP contribution in [0.1, 0.15) is 26.9 Å². The van der Waals surface area contributed by atoms with Crippen LogP contribution in [0.4, 0.5) is 0 Å². The predicted molar refractivity (Wildman–Crippen MR) is 65.0 cm³/mol. The van der Waals surface area contributed by atoms with Crippen LogP contribution in [-0.4, -0.2) is 30.6 Å². The van der Waals surface area contributed by atoms with Gasteiger partial charge in [0.25, 0.3) is 0 Å². The molecule has 1 aromatic carbocycles. The van der Waals surface area contributed by atoms with Crippen LogP contribution in [0, 0.1) is 6.92 Å². The van der Waals surface area contributed by atoms with Crippen LogP contribution < -0.4 is 0 Å². The predicted octanol–water partition coefficient (Wildman–Crippen LogP) is 1.05. The Morgan fingerprint density at radius 2 is 1.53 bits per heavy atom. The first-order chi connectivity index (χ1) is 8.43. The quantitative estimate of drug-likeness (QED) is 0.517. The molecule has 0 heterocycles. The Kier molecular flexibility index (Phi) is 4.37. The van der Waals surface area contributed by atoms with Crippen molar-refractivity contribution < 1.29 is 38.6 Å². The van der Waals surface area contributed by atoms with Crippen LogP contribution in [0.5, 0.6) is 0 Å². The molecule has 0 unspecified atom stereocenters. The van der Waals surface area contributed by atoms with E-state index in [-0.39, 0.29) is 5.56 Å². The van der Waals surface area contributed by atoms with Gasteiger partial charge in [-0.25, -0.2) is 4.79 Å². The molecule has 0 aliphatic carbocycles. The number of carbonyl (C=O) groups is 1. The third kappa shape index (κ3) is 3.98. The molecule has 0 saturated carbocycles. The smallest absolute Gasteiger partial charge is 0.345 e. The summed E-state index contributed by atoms with van der Waals surface area (Å²) in [5.74, 6) is -1.36. The van der Waals surface area contributed by atoms with E-state index in [2.05, 4.69) is 0 Å². The minimum atomic E-state index is -5.15. The summed E-state index contributed by atoms with van der Waals surface area (Å²) in [5.41, 5.74) is -0.386. The van der Waals surface area contributed by atoms with Gasteiger partial charge in [-0.2, -0.15) is 0 Å². The van der Waals surface area contributed by atoms with Gasteiger partial charge in [-0.15, -0.1) is 0 Å². The zero-order chi connectivity index (χ0) is 15.0. The maximum absolute atomic E-state index is 11.2.